The molecule has 0 aliphatic heterocycles. The van der Waals surface area contributed by atoms with Crippen molar-refractivity contribution < 1.29 is 5.11 Å². The van der Waals surface area contributed by atoms with Crippen molar-refractivity contribution in [2.75, 3.05) is 0 Å². The van der Waals surface area contributed by atoms with Crippen LogP contribution in [-0.2, 0) is 31.5 Å². The quantitative estimate of drug-likeness (QED) is 0.547. The van der Waals surface area contributed by atoms with E-state index in [0.29, 0.717) is 5.56 Å². The van der Waals surface area contributed by atoms with Crippen LogP contribution in [0.2, 0.25) is 0 Å². The molecule has 0 aliphatic rings. The molecule has 28 heavy (non-hydrogen) atoms. The summed E-state index contributed by atoms with van der Waals surface area (Å²) in [4.78, 5) is 0. The first-order valence-electron chi connectivity index (χ1n) is 9.99. The first-order valence-corrected chi connectivity index (χ1v) is 9.99. The van der Waals surface area contributed by atoms with Crippen molar-refractivity contribution in [2.24, 2.45) is 11.5 Å². The molecule has 0 aliphatic carbocycles. The van der Waals surface area contributed by atoms with Crippen molar-refractivity contribution in [3.05, 3.63) is 106 Å². The van der Waals surface area contributed by atoms with Crippen LogP contribution >= 0.6 is 0 Å². The van der Waals surface area contributed by atoms with Crippen LogP contribution in [0.5, 0.6) is 0 Å². The van der Waals surface area contributed by atoms with E-state index in [1.165, 1.54) is 27.8 Å². The summed E-state index contributed by atoms with van der Waals surface area (Å²) in [5.41, 5.74) is 19.9. The van der Waals surface area contributed by atoms with E-state index in [2.05, 4.69) is 62.4 Å². The Morgan fingerprint density at radius 2 is 1.21 bits per heavy atom. The highest BCUT2D eigenvalue weighted by molar-refractivity contribution is 5.51. The summed E-state index contributed by atoms with van der Waals surface area (Å²) in [6, 6.07) is 22.9. The third-order valence-corrected chi connectivity index (χ3v) is 5.36. The zero-order valence-electron chi connectivity index (χ0n) is 16.8. The Hall–Kier alpha value is -2.46. The van der Waals surface area contributed by atoms with Gasteiger partial charge in [-0.3, -0.25) is 11.5 Å². The molecule has 3 aromatic rings. The van der Waals surface area contributed by atoms with Crippen LogP contribution in [-0.4, -0.2) is 5.11 Å². The van der Waals surface area contributed by atoms with Gasteiger partial charge in [-0.1, -0.05) is 74.5 Å². The van der Waals surface area contributed by atoms with E-state index in [0.717, 1.165) is 31.2 Å². The smallest absolute Gasteiger partial charge is 0.194 e. The molecule has 3 aromatic carbocycles. The minimum atomic E-state index is -1.84. The molecule has 3 rings (SSSR count). The lowest BCUT2D eigenvalue weighted by Crippen LogP contribution is -2.46. The molecule has 0 unspecified atom stereocenters. The van der Waals surface area contributed by atoms with E-state index in [4.69, 9.17) is 11.5 Å². The molecule has 3 nitrogen and oxygen atoms in total. The molecule has 5 N–H and O–H groups in total. The molecule has 0 bridgehead atoms. The average molecular weight is 375 g/mol. The number of hydrogen-bond donors (Lipinski definition) is 3. The van der Waals surface area contributed by atoms with Gasteiger partial charge in [-0.05, 0) is 65.1 Å². The van der Waals surface area contributed by atoms with Gasteiger partial charge < -0.3 is 5.11 Å². The second kappa shape index (κ2) is 8.70. The first kappa shape index (κ1) is 20.3. The van der Waals surface area contributed by atoms with Crippen LogP contribution < -0.4 is 11.5 Å². The highest BCUT2D eigenvalue weighted by atomic mass is 16.3. The van der Waals surface area contributed by atoms with Gasteiger partial charge in [0, 0.05) is 5.56 Å². The van der Waals surface area contributed by atoms with E-state index in [1.54, 1.807) is 0 Å². The van der Waals surface area contributed by atoms with Gasteiger partial charge in [0.1, 0.15) is 0 Å². The lowest BCUT2D eigenvalue weighted by Gasteiger charge is -2.27. The fourth-order valence-electron chi connectivity index (χ4n) is 4.07. The van der Waals surface area contributed by atoms with Gasteiger partial charge in [-0.25, -0.2) is 0 Å². The number of aliphatic hydroxyl groups is 1. The van der Waals surface area contributed by atoms with E-state index in [9.17, 15) is 5.11 Å². The number of rotatable bonds is 7. The van der Waals surface area contributed by atoms with E-state index in [1.807, 2.05) is 18.2 Å². The molecule has 0 atom stereocenters. The summed E-state index contributed by atoms with van der Waals surface area (Å²) in [6.45, 7) is 4.25. The van der Waals surface area contributed by atoms with Crippen molar-refractivity contribution in [3.8, 4) is 0 Å². The Morgan fingerprint density at radius 3 is 1.68 bits per heavy atom. The maximum atomic E-state index is 10.4. The van der Waals surface area contributed by atoms with Gasteiger partial charge >= 0.3 is 0 Å². The van der Waals surface area contributed by atoms with Crippen molar-refractivity contribution in [3.63, 3.8) is 0 Å². The van der Waals surface area contributed by atoms with E-state index >= 15 is 0 Å². The largest absolute Gasteiger partial charge is 0.360 e. The predicted octanol–water partition coefficient (Wildman–Crippen LogP) is 4.01. The third-order valence-electron chi connectivity index (χ3n) is 5.36. The minimum Gasteiger partial charge on any atom is -0.360 e. The van der Waals surface area contributed by atoms with Gasteiger partial charge in [-0.15, -0.1) is 0 Å². The Labute approximate surface area is 168 Å². The van der Waals surface area contributed by atoms with Crippen molar-refractivity contribution in [1.82, 2.24) is 0 Å². The molecule has 0 amide bonds. The monoisotopic (exact) mass is 374 g/mol. The van der Waals surface area contributed by atoms with E-state index in [-0.39, 0.29) is 0 Å². The number of hydrogen-bond acceptors (Lipinski definition) is 3. The Bertz CT molecular complexity index is 913. The van der Waals surface area contributed by atoms with Gasteiger partial charge in [-0.2, -0.15) is 0 Å². The van der Waals surface area contributed by atoms with Crippen LogP contribution in [0, 0.1) is 0 Å². The first-order chi connectivity index (χ1) is 13.4. The molecular weight excluding hydrogens is 344 g/mol. The molecule has 0 saturated heterocycles. The maximum absolute atomic E-state index is 10.4. The van der Waals surface area contributed by atoms with Crippen LogP contribution in [0.4, 0.5) is 0 Å². The topological polar surface area (TPSA) is 72.3 Å². The second-order valence-corrected chi connectivity index (χ2v) is 7.38. The zero-order chi connectivity index (χ0) is 20.1. The molecule has 0 radical (unpaired) electrons. The zero-order valence-corrected chi connectivity index (χ0v) is 16.8. The van der Waals surface area contributed by atoms with Gasteiger partial charge in [0.05, 0.1) is 0 Å². The molecule has 0 fully saturated rings. The highest BCUT2D eigenvalue weighted by Gasteiger charge is 2.26. The summed E-state index contributed by atoms with van der Waals surface area (Å²) < 4.78 is 0. The predicted molar refractivity (Wildman–Crippen MR) is 116 cm³/mol. The second-order valence-electron chi connectivity index (χ2n) is 7.38. The normalized spacial score (nSPS) is 11.6. The molecule has 3 heteroatoms. The summed E-state index contributed by atoms with van der Waals surface area (Å²) in [5.74, 6) is -1.84. The SMILES string of the molecule is CCc1c(C(N)(N)O)cc(Cc2ccccc2)c(Cc2ccccc2)c1CC. The molecule has 0 heterocycles. The molecule has 0 spiro atoms. The van der Waals surface area contributed by atoms with Crippen molar-refractivity contribution in [1.29, 1.82) is 0 Å². The van der Waals surface area contributed by atoms with E-state index < -0.39 is 5.85 Å². The summed E-state index contributed by atoms with van der Waals surface area (Å²) in [5, 5.41) is 10.4. The summed E-state index contributed by atoms with van der Waals surface area (Å²) >= 11 is 0. The molecule has 0 aromatic heterocycles. The van der Waals surface area contributed by atoms with Gasteiger partial charge in [0.15, 0.2) is 5.85 Å². The fourth-order valence-corrected chi connectivity index (χ4v) is 4.07. The van der Waals surface area contributed by atoms with Crippen LogP contribution in [0.1, 0.15) is 52.8 Å². The standard InChI is InChI=1S/C25H30N2O/c1-3-21-22(4-2)24(25(26,27)28)17-20(15-18-11-7-5-8-12-18)23(21)16-19-13-9-6-10-14-19/h5-14,17,28H,3-4,15-16,26-27H2,1-2H3. The van der Waals surface area contributed by atoms with Gasteiger partial charge in [0.25, 0.3) is 0 Å². The molecule has 0 saturated carbocycles. The number of nitrogens with two attached hydrogens (primary N) is 2. The Balaban J connectivity index is 2.20. The Morgan fingerprint density at radius 1 is 0.714 bits per heavy atom. The van der Waals surface area contributed by atoms with Crippen molar-refractivity contribution >= 4 is 0 Å². The fraction of sp³-hybridized carbons (Fsp3) is 0.280. The van der Waals surface area contributed by atoms with Crippen LogP contribution in [0.15, 0.2) is 66.7 Å². The van der Waals surface area contributed by atoms with Crippen molar-refractivity contribution in [2.45, 2.75) is 45.4 Å². The lowest BCUT2D eigenvalue weighted by molar-refractivity contribution is 0.0498. The third kappa shape index (κ3) is 4.50. The summed E-state index contributed by atoms with van der Waals surface area (Å²) in [6.07, 6.45) is 3.29. The van der Waals surface area contributed by atoms with Crippen LogP contribution in [0.3, 0.4) is 0 Å². The molecular formula is C25H30N2O. The molecule has 146 valence electrons. The summed E-state index contributed by atoms with van der Waals surface area (Å²) in [7, 11) is 0. The minimum absolute atomic E-state index is 0.634. The average Bonchev–Trinajstić information content (AvgIpc) is 2.69. The number of benzene rings is 3. The van der Waals surface area contributed by atoms with Crippen LogP contribution in [0.25, 0.3) is 0 Å². The maximum Gasteiger partial charge on any atom is 0.194 e. The highest BCUT2D eigenvalue weighted by Crippen LogP contribution is 2.31. The lowest BCUT2D eigenvalue weighted by atomic mass is 9.83. The van der Waals surface area contributed by atoms with Gasteiger partial charge in [0.2, 0.25) is 0 Å². The Kier molecular flexibility index (Phi) is 6.30.